The molecule has 2 rings (SSSR count). The van der Waals surface area contributed by atoms with E-state index in [0.29, 0.717) is 5.56 Å². The van der Waals surface area contributed by atoms with E-state index in [2.05, 4.69) is 0 Å². The maximum absolute atomic E-state index is 13.7. The van der Waals surface area contributed by atoms with Crippen molar-refractivity contribution in [1.29, 1.82) is 5.26 Å². The van der Waals surface area contributed by atoms with Crippen molar-refractivity contribution in [3.63, 3.8) is 0 Å². The zero-order chi connectivity index (χ0) is 13.8. The van der Waals surface area contributed by atoms with Crippen molar-refractivity contribution in [2.75, 3.05) is 0 Å². The maximum atomic E-state index is 13.7. The highest BCUT2D eigenvalue weighted by atomic mass is 35.5. The van der Waals surface area contributed by atoms with Crippen LogP contribution in [0.25, 0.3) is 0 Å². The van der Waals surface area contributed by atoms with Crippen molar-refractivity contribution in [2.24, 2.45) is 0 Å². The molecule has 0 saturated heterocycles. The predicted octanol–water partition coefficient (Wildman–Crippen LogP) is 4.37. The van der Waals surface area contributed by atoms with Crippen molar-refractivity contribution in [2.45, 2.75) is 5.88 Å². The number of hydrogen-bond acceptors (Lipinski definition) is 2. The van der Waals surface area contributed by atoms with Gasteiger partial charge in [-0.15, -0.1) is 11.6 Å². The first-order valence-electron chi connectivity index (χ1n) is 5.36. The predicted molar refractivity (Wildman–Crippen MR) is 67.1 cm³/mol. The molecule has 0 bridgehead atoms. The molecule has 0 radical (unpaired) electrons. The molecule has 2 nitrogen and oxygen atoms in total. The molecule has 0 aliphatic heterocycles. The van der Waals surface area contributed by atoms with Crippen LogP contribution in [0.4, 0.5) is 8.78 Å². The van der Waals surface area contributed by atoms with Gasteiger partial charge in [-0.25, -0.2) is 8.78 Å². The zero-order valence-electron chi connectivity index (χ0n) is 9.66. The molecular weight excluding hydrogens is 272 g/mol. The number of nitrogens with zero attached hydrogens (tertiary/aromatic N) is 1. The van der Waals surface area contributed by atoms with E-state index in [1.165, 1.54) is 30.3 Å². The normalized spacial score (nSPS) is 10.0. The standard InChI is InChI=1S/C14H8ClF2NO/c15-7-10-6-11(16)2-4-13(10)19-14-3-1-9(8-18)5-12(14)17/h1-6H,7H2. The first kappa shape index (κ1) is 13.3. The van der Waals surface area contributed by atoms with Gasteiger partial charge in [0.1, 0.15) is 11.6 Å². The Labute approximate surface area is 113 Å². The summed E-state index contributed by atoms with van der Waals surface area (Å²) in [5.74, 6) is -0.825. The van der Waals surface area contributed by atoms with Crippen molar-refractivity contribution < 1.29 is 13.5 Å². The second kappa shape index (κ2) is 5.68. The van der Waals surface area contributed by atoms with Gasteiger partial charge in [0.25, 0.3) is 0 Å². The zero-order valence-corrected chi connectivity index (χ0v) is 10.4. The quantitative estimate of drug-likeness (QED) is 0.782. The van der Waals surface area contributed by atoms with Crippen LogP contribution in [-0.2, 0) is 5.88 Å². The molecule has 2 aromatic rings. The van der Waals surface area contributed by atoms with E-state index in [1.54, 1.807) is 0 Å². The maximum Gasteiger partial charge on any atom is 0.167 e. The lowest BCUT2D eigenvalue weighted by atomic mass is 10.2. The number of benzene rings is 2. The topological polar surface area (TPSA) is 33.0 Å². The van der Waals surface area contributed by atoms with E-state index in [4.69, 9.17) is 21.6 Å². The van der Waals surface area contributed by atoms with Gasteiger partial charge in [0, 0.05) is 5.56 Å². The van der Waals surface area contributed by atoms with Gasteiger partial charge in [-0.1, -0.05) is 0 Å². The van der Waals surface area contributed by atoms with E-state index >= 15 is 0 Å². The average molecular weight is 280 g/mol. The minimum absolute atomic E-state index is 0.0445. The summed E-state index contributed by atoms with van der Waals surface area (Å²) < 4.78 is 32.0. The molecule has 0 spiro atoms. The second-order valence-electron chi connectivity index (χ2n) is 3.74. The Morgan fingerprint density at radius 2 is 1.84 bits per heavy atom. The van der Waals surface area contributed by atoms with E-state index in [0.717, 1.165) is 6.07 Å². The third kappa shape index (κ3) is 3.01. The molecule has 0 fully saturated rings. The molecule has 5 heteroatoms. The Hall–Kier alpha value is -2.12. The van der Waals surface area contributed by atoms with E-state index in [-0.39, 0.29) is 22.9 Å². The van der Waals surface area contributed by atoms with Gasteiger partial charge in [-0.2, -0.15) is 5.26 Å². The Kier molecular flexibility index (Phi) is 3.98. The van der Waals surface area contributed by atoms with Crippen LogP contribution in [0.5, 0.6) is 11.5 Å². The molecule has 0 heterocycles. The molecule has 0 N–H and O–H groups in total. The van der Waals surface area contributed by atoms with Gasteiger partial charge in [-0.3, -0.25) is 0 Å². The van der Waals surface area contributed by atoms with Gasteiger partial charge in [0.2, 0.25) is 0 Å². The second-order valence-corrected chi connectivity index (χ2v) is 4.01. The first-order valence-corrected chi connectivity index (χ1v) is 5.89. The SMILES string of the molecule is N#Cc1ccc(Oc2ccc(F)cc2CCl)c(F)c1. The molecule has 0 aromatic heterocycles. The Morgan fingerprint density at radius 1 is 1.11 bits per heavy atom. The highest BCUT2D eigenvalue weighted by Crippen LogP contribution is 2.29. The molecule has 0 aliphatic rings. The largest absolute Gasteiger partial charge is 0.454 e. The fourth-order valence-electron chi connectivity index (χ4n) is 1.52. The van der Waals surface area contributed by atoms with Crippen LogP contribution in [0.15, 0.2) is 36.4 Å². The summed E-state index contributed by atoms with van der Waals surface area (Å²) in [4.78, 5) is 0. The third-order valence-corrected chi connectivity index (χ3v) is 2.74. The number of rotatable bonds is 3. The van der Waals surface area contributed by atoms with Crippen LogP contribution in [0.3, 0.4) is 0 Å². The fraction of sp³-hybridized carbons (Fsp3) is 0.0714. The van der Waals surface area contributed by atoms with Crippen LogP contribution < -0.4 is 4.74 Å². The third-order valence-electron chi connectivity index (χ3n) is 2.45. The van der Waals surface area contributed by atoms with Crippen molar-refractivity contribution in [1.82, 2.24) is 0 Å². The van der Waals surface area contributed by atoms with Crippen LogP contribution in [0.1, 0.15) is 11.1 Å². The van der Waals surface area contributed by atoms with E-state index in [1.807, 2.05) is 6.07 Å². The summed E-state index contributed by atoms with van der Waals surface area (Å²) in [6, 6.07) is 9.47. The Balaban J connectivity index is 2.34. The molecule has 0 atom stereocenters. The van der Waals surface area contributed by atoms with Crippen LogP contribution in [-0.4, -0.2) is 0 Å². The number of nitriles is 1. The minimum Gasteiger partial charge on any atom is -0.454 e. The number of halogens is 3. The Morgan fingerprint density at radius 3 is 2.47 bits per heavy atom. The van der Waals surface area contributed by atoms with Crippen molar-refractivity contribution in [3.8, 4) is 17.6 Å². The lowest BCUT2D eigenvalue weighted by Crippen LogP contribution is -1.93. The highest BCUT2D eigenvalue weighted by Gasteiger charge is 2.10. The average Bonchev–Trinajstić information content (AvgIpc) is 2.42. The van der Waals surface area contributed by atoms with Gasteiger partial charge in [0.15, 0.2) is 11.6 Å². The van der Waals surface area contributed by atoms with E-state index in [9.17, 15) is 8.78 Å². The highest BCUT2D eigenvalue weighted by molar-refractivity contribution is 6.17. The van der Waals surface area contributed by atoms with E-state index < -0.39 is 11.6 Å². The molecule has 19 heavy (non-hydrogen) atoms. The fourth-order valence-corrected chi connectivity index (χ4v) is 1.73. The number of ether oxygens (including phenoxy) is 1. The van der Waals surface area contributed by atoms with Crippen LogP contribution >= 0.6 is 11.6 Å². The lowest BCUT2D eigenvalue weighted by molar-refractivity contribution is 0.437. The van der Waals surface area contributed by atoms with Crippen molar-refractivity contribution in [3.05, 3.63) is 59.2 Å². The Bertz CT molecular complexity index is 652. The van der Waals surface area contributed by atoms with Crippen LogP contribution in [0, 0.1) is 23.0 Å². The number of hydrogen-bond donors (Lipinski definition) is 0. The van der Waals surface area contributed by atoms with Gasteiger partial charge in [0.05, 0.1) is 17.5 Å². The lowest BCUT2D eigenvalue weighted by Gasteiger charge is -2.10. The molecule has 0 unspecified atom stereocenters. The molecule has 0 aliphatic carbocycles. The summed E-state index contributed by atoms with van der Waals surface area (Å²) in [6.45, 7) is 0. The molecular formula is C14H8ClF2NO. The monoisotopic (exact) mass is 279 g/mol. The van der Waals surface area contributed by atoms with Crippen molar-refractivity contribution >= 4 is 11.6 Å². The molecule has 0 amide bonds. The summed E-state index contributed by atoms with van der Waals surface area (Å²) in [7, 11) is 0. The first-order chi connectivity index (χ1) is 9.13. The number of alkyl halides is 1. The van der Waals surface area contributed by atoms with Gasteiger partial charge >= 0.3 is 0 Å². The summed E-state index contributed by atoms with van der Waals surface area (Å²) >= 11 is 5.67. The smallest absolute Gasteiger partial charge is 0.167 e. The molecule has 2 aromatic carbocycles. The minimum atomic E-state index is -0.663. The van der Waals surface area contributed by atoms with Gasteiger partial charge < -0.3 is 4.74 Å². The molecule has 0 saturated carbocycles. The van der Waals surface area contributed by atoms with Crippen LogP contribution in [0.2, 0.25) is 0 Å². The summed E-state index contributed by atoms with van der Waals surface area (Å²) in [5.41, 5.74) is 0.618. The summed E-state index contributed by atoms with van der Waals surface area (Å²) in [6.07, 6.45) is 0. The summed E-state index contributed by atoms with van der Waals surface area (Å²) in [5, 5.41) is 8.64. The molecule has 96 valence electrons. The van der Waals surface area contributed by atoms with Gasteiger partial charge in [-0.05, 0) is 36.4 Å².